The molecular formula is C62H72N6O16. The Balaban J connectivity index is 1.07. The number of carboxylic acids is 1. The van der Waals surface area contributed by atoms with Crippen LogP contribution in [-0.2, 0) is 39.1 Å². The smallest absolute Gasteiger partial charge is 0.355 e. The number of imidazole rings is 1. The molecule has 5 aromatic rings. The Labute approximate surface area is 483 Å². The minimum atomic E-state index is -3.36. The number of carboxylic acid groups (broad SMARTS) is 1. The number of rotatable bonds is 16. The average Bonchev–Trinajstić information content (AvgIpc) is 1.50. The average molecular weight is 1160 g/mol. The van der Waals surface area contributed by atoms with Crippen molar-refractivity contribution in [2.75, 3.05) is 24.7 Å². The van der Waals surface area contributed by atoms with E-state index in [-0.39, 0.29) is 53.4 Å². The Bertz CT molecular complexity index is 3360. The van der Waals surface area contributed by atoms with Crippen LogP contribution in [0.25, 0.3) is 6.08 Å². The maximum Gasteiger partial charge on any atom is 0.355 e. The number of carbonyl (C=O) groups is 2. The third-order valence-electron chi connectivity index (χ3n) is 19.0. The lowest BCUT2D eigenvalue weighted by Crippen LogP contribution is -2.67. The number of guanidine groups is 1. The normalized spacial score (nSPS) is 31.8. The van der Waals surface area contributed by atoms with E-state index in [4.69, 9.17) is 15.2 Å². The van der Waals surface area contributed by atoms with Crippen molar-refractivity contribution < 1.29 is 80.3 Å². The fourth-order valence-corrected chi connectivity index (χ4v) is 15.2. The van der Waals surface area contributed by atoms with E-state index >= 15 is 9.59 Å². The van der Waals surface area contributed by atoms with Gasteiger partial charge in [-0.05, 0) is 122 Å². The van der Waals surface area contributed by atoms with Crippen molar-refractivity contribution in [2.24, 2.45) is 40.3 Å². The van der Waals surface area contributed by atoms with Crippen molar-refractivity contribution in [1.29, 1.82) is 0 Å². The second-order valence-electron chi connectivity index (χ2n) is 23.4. The molecule has 11 rings (SSSR count). The molecule has 1 aromatic heterocycles. The number of nitrogens with zero attached hydrogens (tertiary/aromatic N) is 3. The van der Waals surface area contributed by atoms with Crippen molar-refractivity contribution in [3.8, 4) is 28.7 Å². The van der Waals surface area contributed by atoms with Gasteiger partial charge in [0, 0.05) is 77.5 Å². The monoisotopic (exact) mass is 1160 g/mol. The number of phenolic OH excluding ortho intramolecular Hbond substituents is 4. The van der Waals surface area contributed by atoms with Crippen LogP contribution in [0.15, 0.2) is 108 Å². The van der Waals surface area contributed by atoms with Gasteiger partial charge in [0.05, 0.1) is 31.3 Å². The van der Waals surface area contributed by atoms with E-state index in [9.17, 15) is 61.3 Å². The molecule has 22 heteroatoms. The number of carbonyl (C=O) groups excluding carboxylic acids is 1. The van der Waals surface area contributed by atoms with Crippen LogP contribution in [0.2, 0.25) is 0 Å². The number of amides is 1. The molecular weight excluding hydrogens is 1080 g/mol. The highest BCUT2D eigenvalue weighted by Crippen LogP contribution is 2.73. The van der Waals surface area contributed by atoms with Crippen molar-refractivity contribution in [1.82, 2.24) is 15.3 Å². The number of H-pyrrole nitrogens is 1. The van der Waals surface area contributed by atoms with E-state index in [1.165, 1.54) is 24.5 Å². The zero-order chi connectivity index (χ0) is 59.4. The van der Waals surface area contributed by atoms with Gasteiger partial charge in [0.25, 0.3) is 5.91 Å². The second kappa shape index (κ2) is 23.1. The van der Waals surface area contributed by atoms with E-state index in [1.54, 1.807) is 30.5 Å². The number of anilines is 1. The SMILES string of the molecule is NC(=NCc1ccccc1)NCC[C@@H]1CC[C@H](C2=C[C@]3(C(=O)O)[C@@H](c4c(cc(O[C@]5(O)O[C@H](CO)[C@@H](O)[C@H](O)[C@H]5O)c(O)c4O)N3C(=O)/C=C/c3ccc(O)c(Cc4cnc[nH]4)c3)[C@@H]2[C@@]23c4c(O)cccc4CC[C@H]2CCC[C@@H]3CO)C[C@H]1O. The van der Waals surface area contributed by atoms with Crippen molar-refractivity contribution in [2.45, 2.75) is 124 Å². The zero-order valence-electron chi connectivity index (χ0n) is 46.0. The van der Waals surface area contributed by atoms with Crippen LogP contribution in [0.5, 0.6) is 28.7 Å². The lowest BCUT2D eigenvalue weighted by molar-refractivity contribution is -0.422. The van der Waals surface area contributed by atoms with E-state index < -0.39 is 113 Å². The molecule has 6 aliphatic rings. The van der Waals surface area contributed by atoms with Gasteiger partial charge in [-0.1, -0.05) is 60.5 Å². The Hall–Kier alpha value is -7.54. The fraction of sp³-hybridized carbons (Fsp3) is 0.452. The molecule has 4 aliphatic carbocycles. The number of aliphatic hydroxyl groups is 7. The highest BCUT2D eigenvalue weighted by molar-refractivity contribution is 6.14. The van der Waals surface area contributed by atoms with Crippen LogP contribution >= 0.6 is 0 Å². The van der Waals surface area contributed by atoms with Crippen LogP contribution in [0.1, 0.15) is 96.4 Å². The molecule has 0 spiro atoms. The summed E-state index contributed by atoms with van der Waals surface area (Å²) in [5.41, 5.74) is 6.13. The van der Waals surface area contributed by atoms with Gasteiger partial charge in [0.2, 0.25) is 5.75 Å². The summed E-state index contributed by atoms with van der Waals surface area (Å²) in [5, 5.41) is 142. The summed E-state index contributed by atoms with van der Waals surface area (Å²) in [6.07, 6.45) is 2.37. The largest absolute Gasteiger partial charge is 0.508 e. The van der Waals surface area contributed by atoms with Gasteiger partial charge in [0.1, 0.15) is 29.8 Å². The van der Waals surface area contributed by atoms with E-state index in [0.717, 1.165) is 28.2 Å². The second-order valence-corrected chi connectivity index (χ2v) is 23.4. The number of allylic oxidation sites excluding steroid dienone is 1. The van der Waals surface area contributed by atoms with Gasteiger partial charge in [-0.25, -0.2) is 14.8 Å². The number of ether oxygens (including phenoxy) is 2. The number of hydrogen-bond donors (Lipinski definition) is 15. The minimum absolute atomic E-state index is 0.0471. The topological polar surface area (TPSA) is 378 Å². The molecule has 1 saturated heterocycles. The first-order valence-electron chi connectivity index (χ1n) is 28.6. The molecule has 22 nitrogen and oxygen atoms in total. The standard InChI is InChI=1S/C62H72N6O16/c63-59(66-27-33-6-2-1-3-7-33)65-21-20-34-14-15-36(24-45(34)73)41-26-60(58(80)81)52(51(41)61-38(9-5-10-39(61)29-69)17-16-35-8-4-11-44(72)50(35)61)49-42(25-46(53(75)55(49)77)83-62(82)57(79)56(78)54(76)47(30-70)84-62)68(60)48(74)19-13-32-12-18-43(71)37(22-32)23-40-28-64-31-67-40/h1-4,6-8,11-13,18-19,22,25-26,28,31,34,36,38-39,45,47,51-52,54,56-57,69-73,75-79,82H,5,9-10,14-17,20-21,23-24,27,29-30H2,(H,64,67)(H,80,81)(H3,63,65,66)/b19-13+/t34-,36-,38+,39+,45+,47+,51+,52-,54+,56-,57+,60+,61-,62-/m0/s1. The number of aryl methyl sites for hydroxylation is 1. The van der Waals surface area contributed by atoms with Crippen LogP contribution in [-0.4, -0.2) is 151 Å². The maximum absolute atomic E-state index is 15.7. The number of aliphatic carboxylic acids is 1. The molecule has 2 saturated carbocycles. The van der Waals surface area contributed by atoms with Gasteiger partial charge in [0.15, 0.2) is 29.1 Å². The number of aliphatic hydroxyl groups excluding tert-OH is 6. The summed E-state index contributed by atoms with van der Waals surface area (Å²) in [7, 11) is 0. The Morgan fingerprint density at radius 3 is 2.43 bits per heavy atom. The number of aromatic nitrogens is 2. The molecule has 84 heavy (non-hydrogen) atoms. The Morgan fingerprint density at radius 1 is 0.905 bits per heavy atom. The summed E-state index contributed by atoms with van der Waals surface area (Å²) in [5.74, 6) is -13.3. The highest BCUT2D eigenvalue weighted by atomic mass is 16.8. The predicted molar refractivity (Wildman–Crippen MR) is 303 cm³/mol. The van der Waals surface area contributed by atoms with Crippen molar-refractivity contribution >= 4 is 29.6 Å². The lowest BCUT2D eigenvalue weighted by atomic mass is 9.44. The number of fused-ring (bicyclic) bond motifs is 6. The first-order valence-corrected chi connectivity index (χ1v) is 28.6. The van der Waals surface area contributed by atoms with E-state index in [2.05, 4.69) is 20.3 Å². The summed E-state index contributed by atoms with van der Waals surface area (Å²) in [6.45, 7) is -0.639. The summed E-state index contributed by atoms with van der Waals surface area (Å²) in [4.78, 5) is 43.4. The third kappa shape index (κ3) is 9.90. The zero-order valence-corrected chi connectivity index (χ0v) is 46.0. The molecule has 14 atom stereocenters. The molecule has 0 unspecified atom stereocenters. The van der Waals surface area contributed by atoms with E-state index in [1.807, 2.05) is 36.4 Å². The van der Waals surface area contributed by atoms with Crippen LogP contribution in [0, 0.1) is 29.6 Å². The number of nitrogens with one attached hydrogen (secondary N) is 2. The number of phenols is 4. The molecule has 1 amide bonds. The number of hydrogen-bond acceptors (Lipinski definition) is 17. The fourth-order valence-electron chi connectivity index (χ4n) is 15.2. The Kier molecular flexibility index (Phi) is 16.0. The number of aromatic amines is 1. The van der Waals surface area contributed by atoms with Crippen LogP contribution < -0.4 is 20.7 Å². The lowest BCUT2D eigenvalue weighted by Gasteiger charge is -2.59. The van der Waals surface area contributed by atoms with Crippen LogP contribution in [0.4, 0.5) is 5.69 Å². The first kappa shape index (κ1) is 58.2. The molecule has 3 heterocycles. The number of benzene rings is 4. The molecule has 2 aliphatic heterocycles. The molecule has 0 radical (unpaired) electrons. The van der Waals surface area contributed by atoms with E-state index in [0.29, 0.717) is 92.4 Å². The van der Waals surface area contributed by atoms with Crippen molar-refractivity contribution in [3.63, 3.8) is 0 Å². The molecule has 16 N–H and O–H groups in total. The van der Waals surface area contributed by atoms with Crippen LogP contribution in [0.3, 0.4) is 0 Å². The molecule has 0 bridgehead atoms. The molecule has 3 fully saturated rings. The summed E-state index contributed by atoms with van der Waals surface area (Å²) < 4.78 is 11.1. The quantitative estimate of drug-likeness (QED) is 0.0168. The van der Waals surface area contributed by atoms with Gasteiger partial charge < -0.3 is 86.8 Å². The highest BCUT2D eigenvalue weighted by Gasteiger charge is 2.72. The number of aliphatic imine (C=N–C) groups is 1. The van der Waals surface area contributed by atoms with Gasteiger partial charge in [-0.2, -0.15) is 0 Å². The summed E-state index contributed by atoms with van der Waals surface area (Å²) in [6, 6.07) is 20.4. The number of nitrogens with two attached hydrogens (primary N) is 1. The summed E-state index contributed by atoms with van der Waals surface area (Å²) >= 11 is 0. The maximum atomic E-state index is 15.7. The van der Waals surface area contributed by atoms with Gasteiger partial charge in [-0.15, -0.1) is 0 Å². The third-order valence-corrected chi connectivity index (χ3v) is 19.0. The first-order chi connectivity index (χ1) is 40.4. The van der Waals surface area contributed by atoms with Gasteiger partial charge in [-0.3, -0.25) is 9.69 Å². The van der Waals surface area contributed by atoms with Crippen molar-refractivity contribution in [3.05, 3.63) is 142 Å². The molecule has 4 aromatic carbocycles. The minimum Gasteiger partial charge on any atom is -0.508 e. The molecule has 446 valence electrons. The Morgan fingerprint density at radius 2 is 1.70 bits per heavy atom. The predicted octanol–water partition coefficient (Wildman–Crippen LogP) is 3.41. The number of aromatic hydroxyl groups is 4. The van der Waals surface area contributed by atoms with Gasteiger partial charge >= 0.3 is 11.9 Å².